The number of carbonyl (C=O) groups is 1. The van der Waals surface area contributed by atoms with Gasteiger partial charge in [-0.3, -0.25) is 9.78 Å². The van der Waals surface area contributed by atoms with Crippen molar-refractivity contribution in [3.8, 4) is 5.69 Å². The Bertz CT molecular complexity index is 578. The molecule has 0 aromatic carbocycles. The second kappa shape index (κ2) is 8.29. The van der Waals surface area contributed by atoms with Crippen LogP contribution in [-0.2, 0) is 0 Å². The first-order chi connectivity index (χ1) is 10.8. The number of aliphatic hydroxyl groups is 1. The first-order valence-corrected chi connectivity index (χ1v) is 7.53. The zero-order valence-corrected chi connectivity index (χ0v) is 12.8. The zero-order valence-electron chi connectivity index (χ0n) is 12.8. The van der Waals surface area contributed by atoms with Crippen LogP contribution in [0.1, 0.15) is 42.6 Å². The lowest BCUT2D eigenvalue weighted by molar-refractivity contribution is 0.0922. The van der Waals surface area contributed by atoms with Crippen molar-refractivity contribution >= 4 is 5.91 Å². The Morgan fingerprint density at radius 2 is 2.05 bits per heavy atom. The number of nitrogens with one attached hydrogen (secondary N) is 1. The molecule has 1 fully saturated rings. The second-order valence-corrected chi connectivity index (χ2v) is 5.18. The van der Waals surface area contributed by atoms with Crippen molar-refractivity contribution in [1.29, 1.82) is 0 Å². The maximum Gasteiger partial charge on any atom is 0.270 e. The van der Waals surface area contributed by atoms with Crippen LogP contribution >= 0.6 is 0 Å². The third kappa shape index (κ3) is 4.14. The van der Waals surface area contributed by atoms with Crippen molar-refractivity contribution in [2.45, 2.75) is 38.1 Å². The van der Waals surface area contributed by atoms with Gasteiger partial charge in [0.25, 0.3) is 5.91 Å². The van der Waals surface area contributed by atoms with Gasteiger partial charge in [-0.1, -0.05) is 19.3 Å². The van der Waals surface area contributed by atoms with Crippen molar-refractivity contribution in [3.63, 3.8) is 0 Å². The summed E-state index contributed by atoms with van der Waals surface area (Å²) in [5.41, 5.74) is 1.35. The van der Waals surface area contributed by atoms with Crippen molar-refractivity contribution in [1.82, 2.24) is 19.9 Å². The lowest BCUT2D eigenvalue weighted by Gasteiger charge is -2.22. The van der Waals surface area contributed by atoms with Crippen molar-refractivity contribution in [2.75, 3.05) is 7.11 Å². The van der Waals surface area contributed by atoms with Crippen LogP contribution in [0, 0.1) is 0 Å². The van der Waals surface area contributed by atoms with Gasteiger partial charge in [-0.15, -0.1) is 0 Å². The number of aliphatic hydroxyl groups excluding tert-OH is 1. The van der Waals surface area contributed by atoms with Crippen LogP contribution in [0.3, 0.4) is 0 Å². The number of carbonyl (C=O) groups excluding carboxylic acids is 1. The van der Waals surface area contributed by atoms with E-state index in [-0.39, 0.29) is 5.91 Å². The van der Waals surface area contributed by atoms with E-state index in [0.29, 0.717) is 11.7 Å². The highest BCUT2D eigenvalue weighted by atomic mass is 16.2. The third-order valence-corrected chi connectivity index (χ3v) is 3.72. The van der Waals surface area contributed by atoms with Gasteiger partial charge in [-0.05, 0) is 25.0 Å². The number of rotatable bonds is 3. The molecule has 2 aromatic rings. The number of nitrogens with zero attached hydrogens (tertiary/aromatic N) is 3. The normalized spacial score (nSPS) is 14.8. The number of hydrogen-bond donors (Lipinski definition) is 2. The summed E-state index contributed by atoms with van der Waals surface area (Å²) in [5.74, 6) is -0.0844. The second-order valence-electron chi connectivity index (χ2n) is 5.18. The van der Waals surface area contributed by atoms with Gasteiger partial charge in [0.2, 0.25) is 0 Å². The summed E-state index contributed by atoms with van der Waals surface area (Å²) in [7, 11) is 1.00. The minimum Gasteiger partial charge on any atom is -0.400 e. The van der Waals surface area contributed by atoms with Crippen LogP contribution in [0.25, 0.3) is 5.69 Å². The molecular formula is C16H22N4O2. The van der Waals surface area contributed by atoms with Crippen LogP contribution in [0.5, 0.6) is 0 Å². The molecule has 0 radical (unpaired) electrons. The topological polar surface area (TPSA) is 80.0 Å². The molecule has 1 aliphatic carbocycles. The Balaban J connectivity index is 0.000000847. The molecule has 22 heavy (non-hydrogen) atoms. The number of imidazole rings is 1. The smallest absolute Gasteiger partial charge is 0.270 e. The molecule has 1 saturated carbocycles. The average molecular weight is 302 g/mol. The molecular weight excluding hydrogens is 280 g/mol. The van der Waals surface area contributed by atoms with Crippen LogP contribution in [0.15, 0.2) is 37.1 Å². The van der Waals surface area contributed by atoms with Gasteiger partial charge in [-0.25, -0.2) is 4.98 Å². The zero-order chi connectivity index (χ0) is 15.8. The highest BCUT2D eigenvalue weighted by Crippen LogP contribution is 2.18. The third-order valence-electron chi connectivity index (χ3n) is 3.72. The first-order valence-electron chi connectivity index (χ1n) is 7.53. The van der Waals surface area contributed by atoms with Gasteiger partial charge in [0.15, 0.2) is 0 Å². The molecule has 0 atom stereocenters. The van der Waals surface area contributed by atoms with Crippen LogP contribution in [-0.4, -0.2) is 38.7 Å². The molecule has 6 nitrogen and oxygen atoms in total. The largest absolute Gasteiger partial charge is 0.400 e. The fourth-order valence-electron chi connectivity index (χ4n) is 2.62. The van der Waals surface area contributed by atoms with E-state index in [1.807, 2.05) is 16.8 Å². The minimum atomic E-state index is -0.0844. The highest BCUT2D eigenvalue weighted by molar-refractivity contribution is 5.92. The first kappa shape index (κ1) is 16.2. The molecule has 2 aromatic heterocycles. The highest BCUT2D eigenvalue weighted by Gasteiger charge is 2.17. The van der Waals surface area contributed by atoms with Crippen LogP contribution < -0.4 is 5.32 Å². The lowest BCUT2D eigenvalue weighted by atomic mass is 9.95. The Morgan fingerprint density at radius 1 is 1.27 bits per heavy atom. The predicted octanol–water partition coefficient (Wildman–Crippen LogP) is 1.94. The molecule has 2 heterocycles. The quantitative estimate of drug-likeness (QED) is 0.908. The number of aromatic nitrogens is 3. The van der Waals surface area contributed by atoms with Gasteiger partial charge >= 0.3 is 0 Å². The Hall–Kier alpha value is -2.21. The number of pyridine rings is 1. The molecule has 1 aliphatic rings. The molecule has 6 heteroatoms. The summed E-state index contributed by atoms with van der Waals surface area (Å²) in [6.07, 6.45) is 12.8. The van der Waals surface area contributed by atoms with E-state index in [2.05, 4.69) is 15.3 Å². The molecule has 1 amide bonds. The van der Waals surface area contributed by atoms with Crippen LogP contribution in [0.2, 0.25) is 0 Å². The van der Waals surface area contributed by atoms with Gasteiger partial charge in [0.05, 0.1) is 12.0 Å². The summed E-state index contributed by atoms with van der Waals surface area (Å²) in [6.45, 7) is 0. The SMILES string of the molecule is CO.O=C(NC1CCCCC1)c1cc(-n2ccnc2)ccn1. The van der Waals surface area contributed by atoms with E-state index in [0.717, 1.165) is 25.6 Å². The molecule has 3 rings (SSSR count). The summed E-state index contributed by atoms with van der Waals surface area (Å²) in [5, 5.41) is 10.1. The number of hydrogen-bond acceptors (Lipinski definition) is 4. The Morgan fingerprint density at radius 3 is 2.73 bits per heavy atom. The van der Waals surface area contributed by atoms with Crippen LogP contribution in [0.4, 0.5) is 0 Å². The van der Waals surface area contributed by atoms with E-state index >= 15 is 0 Å². The lowest BCUT2D eigenvalue weighted by Crippen LogP contribution is -2.36. The Kier molecular flexibility index (Phi) is 6.09. The van der Waals surface area contributed by atoms with Gasteiger partial charge in [0, 0.05) is 31.7 Å². The van der Waals surface area contributed by atoms with Gasteiger partial charge < -0.3 is 15.0 Å². The van der Waals surface area contributed by atoms with Gasteiger partial charge in [0.1, 0.15) is 5.69 Å². The van der Waals surface area contributed by atoms with Crippen molar-refractivity contribution in [2.24, 2.45) is 0 Å². The monoisotopic (exact) mass is 302 g/mol. The average Bonchev–Trinajstić information content (AvgIpc) is 3.12. The molecule has 0 bridgehead atoms. The van der Waals surface area contributed by atoms with E-state index in [9.17, 15) is 4.79 Å². The van der Waals surface area contributed by atoms with E-state index in [1.165, 1.54) is 19.3 Å². The van der Waals surface area contributed by atoms with Gasteiger partial charge in [-0.2, -0.15) is 0 Å². The molecule has 0 unspecified atom stereocenters. The molecule has 2 N–H and O–H groups in total. The maximum absolute atomic E-state index is 12.2. The number of amides is 1. The molecule has 0 spiro atoms. The molecule has 118 valence electrons. The Labute approximate surface area is 130 Å². The van der Waals surface area contributed by atoms with E-state index in [1.54, 1.807) is 24.8 Å². The van der Waals surface area contributed by atoms with Crippen molar-refractivity contribution < 1.29 is 9.90 Å². The molecule has 0 saturated heterocycles. The fraction of sp³-hybridized carbons (Fsp3) is 0.438. The maximum atomic E-state index is 12.2. The van der Waals surface area contributed by atoms with E-state index in [4.69, 9.17) is 5.11 Å². The standard InChI is InChI=1S/C15H18N4O.CH4O/c20-15(18-12-4-2-1-3-5-12)14-10-13(6-7-17-14)19-9-8-16-11-19;1-2/h6-12H,1-5H2,(H,18,20);2H,1H3. The predicted molar refractivity (Wildman–Crippen MR) is 83.8 cm³/mol. The van der Waals surface area contributed by atoms with Crippen molar-refractivity contribution in [3.05, 3.63) is 42.7 Å². The fourth-order valence-corrected chi connectivity index (χ4v) is 2.62. The van der Waals surface area contributed by atoms with E-state index < -0.39 is 0 Å². The summed E-state index contributed by atoms with van der Waals surface area (Å²) in [6, 6.07) is 3.95. The summed E-state index contributed by atoms with van der Waals surface area (Å²) >= 11 is 0. The molecule has 0 aliphatic heterocycles. The summed E-state index contributed by atoms with van der Waals surface area (Å²) < 4.78 is 1.86. The minimum absolute atomic E-state index is 0.0844. The summed E-state index contributed by atoms with van der Waals surface area (Å²) in [4.78, 5) is 20.4.